The maximum Gasteiger partial charge on any atom is 0.239 e. The monoisotopic (exact) mass is 197 g/mol. The van der Waals surface area contributed by atoms with E-state index in [0.29, 0.717) is 13.0 Å². The van der Waals surface area contributed by atoms with E-state index in [1.165, 1.54) is 4.90 Å². The van der Waals surface area contributed by atoms with Crippen molar-refractivity contribution in [3.8, 4) is 6.07 Å². The van der Waals surface area contributed by atoms with Crippen LogP contribution in [0.5, 0.6) is 0 Å². The smallest absolute Gasteiger partial charge is 0.239 e. The van der Waals surface area contributed by atoms with Gasteiger partial charge in [-0.15, -0.1) is 0 Å². The molecule has 80 valence electrons. The first-order valence-corrected chi connectivity index (χ1v) is 4.68. The van der Waals surface area contributed by atoms with Crippen LogP contribution in [0.1, 0.15) is 27.2 Å². The number of rotatable bonds is 3. The number of amides is 1. The highest BCUT2D eigenvalue weighted by Crippen LogP contribution is 2.18. The molecule has 1 atom stereocenters. The molecule has 1 unspecified atom stereocenters. The summed E-state index contributed by atoms with van der Waals surface area (Å²) in [4.78, 5) is 13.2. The highest BCUT2D eigenvalue weighted by Gasteiger charge is 2.29. The predicted octanol–water partition coefficient (Wildman–Crippen LogP) is 0.732. The van der Waals surface area contributed by atoms with Gasteiger partial charge in [0.2, 0.25) is 5.91 Å². The molecule has 2 N–H and O–H groups in total. The van der Waals surface area contributed by atoms with E-state index in [4.69, 9.17) is 11.0 Å². The van der Waals surface area contributed by atoms with Crippen molar-refractivity contribution in [3.05, 3.63) is 0 Å². The number of hydrogen-bond acceptors (Lipinski definition) is 3. The molecule has 0 saturated carbocycles. The summed E-state index contributed by atoms with van der Waals surface area (Å²) < 4.78 is 0. The number of carbonyl (C=O) groups is 1. The van der Waals surface area contributed by atoms with Gasteiger partial charge in [-0.05, 0) is 5.41 Å². The minimum Gasteiger partial charge on any atom is -0.343 e. The van der Waals surface area contributed by atoms with Crippen LogP contribution in [0.25, 0.3) is 0 Å². The van der Waals surface area contributed by atoms with Crippen molar-refractivity contribution in [2.45, 2.75) is 33.2 Å². The highest BCUT2D eigenvalue weighted by atomic mass is 16.2. The second-order valence-electron chi connectivity index (χ2n) is 4.51. The molecule has 0 fully saturated rings. The molecule has 0 spiro atoms. The van der Waals surface area contributed by atoms with Gasteiger partial charge in [-0.25, -0.2) is 0 Å². The lowest BCUT2D eigenvalue weighted by molar-refractivity contribution is -0.133. The summed E-state index contributed by atoms with van der Waals surface area (Å²) in [5, 5.41) is 8.38. The minimum atomic E-state index is -0.508. The van der Waals surface area contributed by atoms with Crippen molar-refractivity contribution in [1.82, 2.24) is 4.90 Å². The van der Waals surface area contributed by atoms with Gasteiger partial charge in [-0.2, -0.15) is 5.26 Å². The average Bonchev–Trinajstić information content (AvgIpc) is 2.10. The standard InChI is InChI=1S/C10H19N3O/c1-10(2,3)8(12)9(14)13(4)7-5-6-11/h8H,5,7,12H2,1-4H3. The summed E-state index contributed by atoms with van der Waals surface area (Å²) in [6.07, 6.45) is 0.346. The van der Waals surface area contributed by atoms with Crippen molar-refractivity contribution in [2.24, 2.45) is 11.1 Å². The summed E-state index contributed by atoms with van der Waals surface area (Å²) in [5.41, 5.74) is 5.55. The lowest BCUT2D eigenvalue weighted by atomic mass is 9.86. The zero-order valence-electron chi connectivity index (χ0n) is 9.37. The van der Waals surface area contributed by atoms with Crippen LogP contribution in [0.3, 0.4) is 0 Å². The van der Waals surface area contributed by atoms with Crippen molar-refractivity contribution in [2.75, 3.05) is 13.6 Å². The van der Waals surface area contributed by atoms with E-state index in [1.54, 1.807) is 7.05 Å². The second kappa shape index (κ2) is 4.97. The number of nitrogens with zero attached hydrogens (tertiary/aromatic N) is 2. The van der Waals surface area contributed by atoms with E-state index in [-0.39, 0.29) is 11.3 Å². The maximum atomic E-state index is 11.7. The van der Waals surface area contributed by atoms with E-state index >= 15 is 0 Å². The number of hydrogen-bond donors (Lipinski definition) is 1. The van der Waals surface area contributed by atoms with Gasteiger partial charge in [0.1, 0.15) is 0 Å². The van der Waals surface area contributed by atoms with Gasteiger partial charge in [0.15, 0.2) is 0 Å². The Morgan fingerprint density at radius 3 is 2.43 bits per heavy atom. The van der Waals surface area contributed by atoms with Crippen molar-refractivity contribution < 1.29 is 4.79 Å². The lowest BCUT2D eigenvalue weighted by Crippen LogP contribution is -2.49. The molecule has 4 nitrogen and oxygen atoms in total. The van der Waals surface area contributed by atoms with Crippen LogP contribution in [0.4, 0.5) is 0 Å². The van der Waals surface area contributed by atoms with Crippen LogP contribution in [0.2, 0.25) is 0 Å². The Morgan fingerprint density at radius 1 is 1.57 bits per heavy atom. The number of carbonyl (C=O) groups excluding carboxylic acids is 1. The van der Waals surface area contributed by atoms with E-state index in [0.717, 1.165) is 0 Å². The van der Waals surface area contributed by atoms with Crippen LogP contribution >= 0.6 is 0 Å². The van der Waals surface area contributed by atoms with E-state index in [2.05, 4.69) is 0 Å². The lowest BCUT2D eigenvalue weighted by Gasteiger charge is -2.29. The molecule has 0 aliphatic carbocycles. The summed E-state index contributed by atoms with van der Waals surface area (Å²) in [6, 6.07) is 1.49. The molecule has 0 aliphatic rings. The first kappa shape index (κ1) is 12.9. The summed E-state index contributed by atoms with van der Waals surface area (Å²) in [5.74, 6) is -0.104. The third kappa shape index (κ3) is 3.75. The van der Waals surface area contributed by atoms with E-state index in [1.807, 2.05) is 26.8 Å². The largest absolute Gasteiger partial charge is 0.343 e. The first-order valence-electron chi connectivity index (χ1n) is 4.68. The molecule has 0 bridgehead atoms. The van der Waals surface area contributed by atoms with Crippen molar-refractivity contribution in [1.29, 1.82) is 5.26 Å². The predicted molar refractivity (Wildman–Crippen MR) is 55.3 cm³/mol. The Morgan fingerprint density at radius 2 is 2.07 bits per heavy atom. The van der Waals surface area contributed by atoms with Gasteiger partial charge in [0.05, 0.1) is 18.5 Å². The SMILES string of the molecule is CN(CCC#N)C(=O)C(N)C(C)(C)C. The molecular weight excluding hydrogens is 178 g/mol. The highest BCUT2D eigenvalue weighted by molar-refractivity contribution is 5.82. The van der Waals surface area contributed by atoms with Gasteiger partial charge >= 0.3 is 0 Å². The topological polar surface area (TPSA) is 70.1 Å². The Kier molecular flexibility index (Phi) is 4.58. The van der Waals surface area contributed by atoms with Crippen LogP contribution < -0.4 is 5.73 Å². The molecule has 0 aromatic heterocycles. The van der Waals surface area contributed by atoms with Crippen LogP contribution in [-0.2, 0) is 4.79 Å². The average molecular weight is 197 g/mol. The molecule has 0 heterocycles. The molecule has 0 aliphatic heterocycles. The Bertz CT molecular complexity index is 237. The molecule has 0 aromatic carbocycles. The maximum absolute atomic E-state index is 11.7. The fraction of sp³-hybridized carbons (Fsp3) is 0.800. The molecule has 0 saturated heterocycles. The zero-order chi connectivity index (χ0) is 11.4. The zero-order valence-corrected chi connectivity index (χ0v) is 9.37. The Labute approximate surface area is 85.7 Å². The number of likely N-dealkylation sites (N-methyl/N-ethyl adjacent to an activating group) is 1. The summed E-state index contributed by atoms with van der Waals surface area (Å²) >= 11 is 0. The third-order valence-corrected chi connectivity index (χ3v) is 2.13. The minimum absolute atomic E-state index is 0.104. The Balaban J connectivity index is 4.26. The van der Waals surface area contributed by atoms with Gasteiger partial charge in [0.25, 0.3) is 0 Å². The molecule has 1 amide bonds. The van der Waals surface area contributed by atoms with E-state index < -0.39 is 6.04 Å². The van der Waals surface area contributed by atoms with E-state index in [9.17, 15) is 4.79 Å². The van der Waals surface area contributed by atoms with Crippen LogP contribution in [-0.4, -0.2) is 30.4 Å². The third-order valence-electron chi connectivity index (χ3n) is 2.13. The molecule has 0 radical (unpaired) electrons. The molecular formula is C10H19N3O. The normalized spacial score (nSPS) is 13.1. The second-order valence-corrected chi connectivity index (χ2v) is 4.51. The molecule has 0 rings (SSSR count). The van der Waals surface area contributed by atoms with Gasteiger partial charge in [0, 0.05) is 13.6 Å². The quantitative estimate of drug-likeness (QED) is 0.725. The fourth-order valence-corrected chi connectivity index (χ4v) is 0.936. The molecule has 0 aromatic rings. The van der Waals surface area contributed by atoms with Gasteiger partial charge in [-0.1, -0.05) is 20.8 Å². The van der Waals surface area contributed by atoms with Gasteiger partial charge < -0.3 is 10.6 Å². The number of nitriles is 1. The summed E-state index contributed by atoms with van der Waals surface area (Å²) in [6.45, 7) is 6.22. The van der Waals surface area contributed by atoms with Crippen molar-refractivity contribution in [3.63, 3.8) is 0 Å². The summed E-state index contributed by atoms with van der Waals surface area (Å²) in [7, 11) is 1.67. The van der Waals surface area contributed by atoms with Crippen LogP contribution in [0.15, 0.2) is 0 Å². The van der Waals surface area contributed by atoms with Crippen molar-refractivity contribution >= 4 is 5.91 Å². The molecule has 4 heteroatoms. The fourth-order valence-electron chi connectivity index (χ4n) is 0.936. The van der Waals surface area contributed by atoms with Crippen LogP contribution in [0, 0.1) is 16.7 Å². The first-order chi connectivity index (χ1) is 6.30. The Hall–Kier alpha value is -1.08. The van der Waals surface area contributed by atoms with Gasteiger partial charge in [-0.3, -0.25) is 4.79 Å². The number of nitrogens with two attached hydrogens (primary N) is 1. The molecule has 14 heavy (non-hydrogen) atoms.